The quantitative estimate of drug-likeness (QED) is 0.870. The van der Waals surface area contributed by atoms with Crippen molar-refractivity contribution in [3.8, 4) is 5.75 Å². The van der Waals surface area contributed by atoms with Gasteiger partial charge >= 0.3 is 0 Å². The second kappa shape index (κ2) is 6.20. The highest BCUT2D eigenvalue weighted by Gasteiger charge is 2.21. The molecule has 1 unspecified atom stereocenters. The fraction of sp³-hybridized carbons (Fsp3) is 0.333. The van der Waals surface area contributed by atoms with Gasteiger partial charge in [0, 0.05) is 10.0 Å². The first-order valence-corrected chi connectivity index (χ1v) is 7.82. The Morgan fingerprint density at radius 2 is 1.71 bits per heavy atom. The minimum atomic E-state index is -0.197. The fourth-order valence-corrected chi connectivity index (χ4v) is 3.41. The minimum Gasteiger partial charge on any atom is -0.496 e. The molecule has 2 rings (SSSR count). The van der Waals surface area contributed by atoms with E-state index in [1.54, 1.807) is 7.11 Å². The van der Waals surface area contributed by atoms with Crippen molar-refractivity contribution in [2.24, 2.45) is 5.73 Å². The largest absolute Gasteiger partial charge is 0.496 e. The summed E-state index contributed by atoms with van der Waals surface area (Å²) in [6.07, 6.45) is 0. The second-order valence-electron chi connectivity index (χ2n) is 5.58. The van der Waals surface area contributed by atoms with Gasteiger partial charge in [0.2, 0.25) is 0 Å². The summed E-state index contributed by atoms with van der Waals surface area (Å²) in [6, 6.07) is 8.27. The molecule has 2 aromatic carbocycles. The predicted molar refractivity (Wildman–Crippen MR) is 92.1 cm³/mol. The third-order valence-corrected chi connectivity index (χ3v) is 4.81. The average molecular weight is 348 g/mol. The van der Waals surface area contributed by atoms with Crippen LogP contribution in [0.1, 0.15) is 39.4 Å². The summed E-state index contributed by atoms with van der Waals surface area (Å²) in [4.78, 5) is 0. The van der Waals surface area contributed by atoms with E-state index in [1.165, 1.54) is 11.1 Å². The topological polar surface area (TPSA) is 35.2 Å². The zero-order valence-electron chi connectivity index (χ0n) is 13.3. The molecule has 21 heavy (non-hydrogen) atoms. The standard InChI is InChI=1S/C18H22BrNO/c1-10-6-7-14(11(2)8-10)17(20)16-13(4)15(19)9-12(3)18(16)21-5/h6-9,17H,20H2,1-5H3. The van der Waals surface area contributed by atoms with E-state index in [0.29, 0.717) is 0 Å². The summed E-state index contributed by atoms with van der Waals surface area (Å²) in [7, 11) is 1.70. The number of methoxy groups -OCH3 is 1. The van der Waals surface area contributed by atoms with Crippen LogP contribution in [0.3, 0.4) is 0 Å². The lowest BCUT2D eigenvalue weighted by Gasteiger charge is -2.23. The summed E-state index contributed by atoms with van der Waals surface area (Å²) >= 11 is 3.62. The molecular weight excluding hydrogens is 326 g/mol. The molecule has 0 aliphatic rings. The fourth-order valence-electron chi connectivity index (χ4n) is 2.85. The minimum absolute atomic E-state index is 0.197. The molecule has 0 aliphatic carbocycles. The van der Waals surface area contributed by atoms with Gasteiger partial charge in [0.1, 0.15) is 5.75 Å². The number of ether oxygens (including phenoxy) is 1. The summed E-state index contributed by atoms with van der Waals surface area (Å²) in [5.74, 6) is 0.878. The van der Waals surface area contributed by atoms with E-state index in [-0.39, 0.29) is 6.04 Å². The summed E-state index contributed by atoms with van der Waals surface area (Å²) in [5, 5.41) is 0. The number of hydrogen-bond donors (Lipinski definition) is 1. The number of nitrogens with two attached hydrogens (primary N) is 1. The third-order valence-electron chi connectivity index (χ3n) is 3.98. The smallest absolute Gasteiger partial charge is 0.127 e. The number of benzene rings is 2. The maximum absolute atomic E-state index is 6.58. The first-order chi connectivity index (χ1) is 9.86. The lowest BCUT2D eigenvalue weighted by Crippen LogP contribution is -2.16. The highest BCUT2D eigenvalue weighted by atomic mass is 79.9. The lowest BCUT2D eigenvalue weighted by atomic mass is 9.90. The predicted octanol–water partition coefficient (Wildman–Crippen LogP) is 4.74. The molecule has 0 aromatic heterocycles. The van der Waals surface area contributed by atoms with Crippen molar-refractivity contribution in [2.75, 3.05) is 7.11 Å². The van der Waals surface area contributed by atoms with E-state index in [0.717, 1.165) is 32.5 Å². The number of halogens is 1. The molecule has 2 aromatic rings. The normalized spacial score (nSPS) is 12.3. The van der Waals surface area contributed by atoms with Gasteiger partial charge in [0.05, 0.1) is 13.2 Å². The van der Waals surface area contributed by atoms with Gasteiger partial charge in [-0.2, -0.15) is 0 Å². The van der Waals surface area contributed by atoms with Crippen molar-refractivity contribution in [1.29, 1.82) is 0 Å². The van der Waals surface area contributed by atoms with Crippen LogP contribution < -0.4 is 10.5 Å². The van der Waals surface area contributed by atoms with Crippen molar-refractivity contribution < 1.29 is 4.74 Å². The summed E-state index contributed by atoms with van der Waals surface area (Å²) in [6.45, 7) is 8.32. The molecule has 0 spiro atoms. The van der Waals surface area contributed by atoms with Crippen LogP contribution >= 0.6 is 15.9 Å². The molecular formula is C18H22BrNO. The number of rotatable bonds is 3. The van der Waals surface area contributed by atoms with Crippen LogP contribution in [-0.4, -0.2) is 7.11 Å². The molecule has 1 atom stereocenters. The monoisotopic (exact) mass is 347 g/mol. The Morgan fingerprint density at radius 1 is 1.05 bits per heavy atom. The molecule has 2 N–H and O–H groups in total. The van der Waals surface area contributed by atoms with Crippen molar-refractivity contribution in [2.45, 2.75) is 33.7 Å². The van der Waals surface area contributed by atoms with Gasteiger partial charge in [0.15, 0.2) is 0 Å². The Balaban J connectivity index is 2.65. The summed E-state index contributed by atoms with van der Waals surface area (Å²) in [5.41, 5.74) is 13.4. The van der Waals surface area contributed by atoms with Gasteiger partial charge in [-0.3, -0.25) is 0 Å². The molecule has 0 aliphatic heterocycles. The van der Waals surface area contributed by atoms with Crippen molar-refractivity contribution >= 4 is 15.9 Å². The molecule has 0 amide bonds. The SMILES string of the molecule is COc1c(C)cc(Br)c(C)c1C(N)c1ccc(C)cc1C. The van der Waals surface area contributed by atoms with E-state index in [9.17, 15) is 0 Å². The molecule has 2 nitrogen and oxygen atoms in total. The first kappa shape index (κ1) is 16.1. The van der Waals surface area contributed by atoms with Crippen molar-refractivity contribution in [3.63, 3.8) is 0 Å². The van der Waals surface area contributed by atoms with Crippen LogP contribution in [0.5, 0.6) is 5.75 Å². The number of hydrogen-bond acceptors (Lipinski definition) is 2. The van der Waals surface area contributed by atoms with Gasteiger partial charge in [-0.25, -0.2) is 0 Å². The third kappa shape index (κ3) is 2.99. The molecule has 3 heteroatoms. The van der Waals surface area contributed by atoms with E-state index >= 15 is 0 Å². The van der Waals surface area contributed by atoms with E-state index in [4.69, 9.17) is 10.5 Å². The summed E-state index contributed by atoms with van der Waals surface area (Å²) < 4.78 is 6.68. The zero-order valence-corrected chi connectivity index (χ0v) is 14.8. The van der Waals surface area contributed by atoms with Crippen molar-refractivity contribution in [1.82, 2.24) is 0 Å². The van der Waals surface area contributed by atoms with E-state index in [2.05, 4.69) is 61.0 Å². The van der Waals surface area contributed by atoms with Crippen LogP contribution in [0, 0.1) is 27.7 Å². The van der Waals surface area contributed by atoms with Crippen LogP contribution in [0.25, 0.3) is 0 Å². The van der Waals surface area contributed by atoms with Crippen molar-refractivity contribution in [3.05, 3.63) is 62.1 Å². The van der Waals surface area contributed by atoms with Gasteiger partial charge < -0.3 is 10.5 Å². The molecule has 0 radical (unpaired) electrons. The Labute approximate surface area is 135 Å². The molecule has 0 saturated carbocycles. The average Bonchev–Trinajstić information content (AvgIpc) is 2.41. The van der Waals surface area contributed by atoms with Crippen LogP contribution in [-0.2, 0) is 0 Å². The van der Waals surface area contributed by atoms with Gasteiger partial charge in [-0.15, -0.1) is 0 Å². The first-order valence-electron chi connectivity index (χ1n) is 7.03. The Bertz CT molecular complexity index is 679. The Hall–Kier alpha value is -1.32. The zero-order chi connectivity index (χ0) is 15.7. The lowest BCUT2D eigenvalue weighted by molar-refractivity contribution is 0.404. The highest BCUT2D eigenvalue weighted by Crippen LogP contribution is 2.38. The molecule has 0 bridgehead atoms. The number of aryl methyl sites for hydroxylation is 3. The van der Waals surface area contributed by atoms with Crippen LogP contribution in [0.15, 0.2) is 28.7 Å². The molecule has 0 saturated heterocycles. The maximum atomic E-state index is 6.58. The van der Waals surface area contributed by atoms with Gasteiger partial charge in [-0.1, -0.05) is 39.7 Å². The molecule has 0 heterocycles. The van der Waals surface area contributed by atoms with Gasteiger partial charge in [-0.05, 0) is 56.0 Å². The Kier molecular flexibility index (Phi) is 4.74. The van der Waals surface area contributed by atoms with Gasteiger partial charge in [0.25, 0.3) is 0 Å². The maximum Gasteiger partial charge on any atom is 0.127 e. The van der Waals surface area contributed by atoms with E-state index in [1.807, 2.05) is 6.92 Å². The Morgan fingerprint density at radius 3 is 2.29 bits per heavy atom. The molecule has 112 valence electrons. The van der Waals surface area contributed by atoms with Crippen LogP contribution in [0.4, 0.5) is 0 Å². The van der Waals surface area contributed by atoms with Crippen LogP contribution in [0.2, 0.25) is 0 Å². The van der Waals surface area contributed by atoms with E-state index < -0.39 is 0 Å². The highest BCUT2D eigenvalue weighted by molar-refractivity contribution is 9.10. The molecule has 0 fully saturated rings. The second-order valence-corrected chi connectivity index (χ2v) is 6.44.